The largest absolute Gasteiger partial charge is 0.369 e. The number of anilines is 1. The lowest BCUT2D eigenvalue weighted by atomic mass is 10.2. The highest BCUT2D eigenvalue weighted by atomic mass is 15.1. The van der Waals surface area contributed by atoms with Gasteiger partial charge in [0, 0.05) is 36.4 Å². The molecule has 142 valence electrons. The Bertz CT molecular complexity index is 1260. The molecule has 0 unspecified atom stereocenters. The molecule has 2 aromatic carbocycles. The van der Waals surface area contributed by atoms with Crippen LogP contribution >= 0.6 is 0 Å². The van der Waals surface area contributed by atoms with Crippen molar-refractivity contribution in [1.82, 2.24) is 24.5 Å². The van der Waals surface area contributed by atoms with Crippen LogP contribution < -0.4 is 5.32 Å². The summed E-state index contributed by atoms with van der Waals surface area (Å²) in [5.74, 6) is 1.53. The summed E-state index contributed by atoms with van der Waals surface area (Å²) in [7, 11) is 0. The second kappa shape index (κ2) is 7.67. The zero-order chi connectivity index (χ0) is 19.5. The molecule has 0 spiro atoms. The Hall–Kier alpha value is -3.80. The molecular weight excluding hydrogens is 360 g/mol. The Morgan fingerprint density at radius 1 is 0.862 bits per heavy atom. The van der Waals surface area contributed by atoms with Crippen molar-refractivity contribution < 1.29 is 0 Å². The summed E-state index contributed by atoms with van der Waals surface area (Å²) in [5.41, 5.74) is 4.03. The van der Waals surface area contributed by atoms with Gasteiger partial charge in [-0.3, -0.25) is 4.98 Å². The van der Waals surface area contributed by atoms with E-state index in [9.17, 15) is 0 Å². The third-order valence-corrected chi connectivity index (χ3v) is 4.92. The predicted molar refractivity (Wildman–Crippen MR) is 116 cm³/mol. The number of aryl methyl sites for hydroxylation is 1. The molecular formula is C23H20N6. The van der Waals surface area contributed by atoms with Gasteiger partial charge in [-0.15, -0.1) is 0 Å². The van der Waals surface area contributed by atoms with Crippen LogP contribution in [0.4, 0.5) is 5.82 Å². The maximum Gasteiger partial charge on any atom is 0.163 e. The third kappa shape index (κ3) is 3.52. The number of pyridine rings is 1. The number of imidazole rings is 1. The van der Waals surface area contributed by atoms with Crippen LogP contribution in [-0.2, 0) is 6.54 Å². The van der Waals surface area contributed by atoms with E-state index in [1.165, 1.54) is 5.52 Å². The van der Waals surface area contributed by atoms with Crippen molar-refractivity contribution in [3.63, 3.8) is 0 Å². The van der Waals surface area contributed by atoms with E-state index in [-0.39, 0.29) is 0 Å². The monoisotopic (exact) mass is 380 g/mol. The first-order chi connectivity index (χ1) is 14.4. The number of fused-ring (bicyclic) bond motifs is 2. The van der Waals surface area contributed by atoms with Gasteiger partial charge in [0.25, 0.3) is 0 Å². The smallest absolute Gasteiger partial charge is 0.163 e. The van der Waals surface area contributed by atoms with Gasteiger partial charge in [0.15, 0.2) is 5.82 Å². The summed E-state index contributed by atoms with van der Waals surface area (Å²) in [5, 5.41) is 4.52. The standard InChI is InChI=1S/C23H20N6/c1-2-9-19-18(8-1)23(28-22(27-19)17-7-5-12-24-15-17)25-13-6-14-29-16-26-20-10-3-4-11-21(20)29/h1-5,7-12,15-16H,6,13-14H2,(H,25,27,28). The Morgan fingerprint density at radius 2 is 1.72 bits per heavy atom. The van der Waals surface area contributed by atoms with E-state index < -0.39 is 0 Å². The molecule has 0 saturated carbocycles. The van der Waals surface area contributed by atoms with Gasteiger partial charge in [-0.25, -0.2) is 15.0 Å². The maximum absolute atomic E-state index is 4.77. The molecule has 3 aromatic heterocycles. The first kappa shape index (κ1) is 17.3. The summed E-state index contributed by atoms with van der Waals surface area (Å²) < 4.78 is 2.19. The second-order valence-corrected chi connectivity index (χ2v) is 6.86. The first-order valence-electron chi connectivity index (χ1n) is 9.69. The van der Waals surface area contributed by atoms with Crippen LogP contribution in [0.3, 0.4) is 0 Å². The molecule has 0 atom stereocenters. The number of rotatable bonds is 6. The molecule has 0 bridgehead atoms. The number of benzene rings is 2. The number of hydrogen-bond acceptors (Lipinski definition) is 5. The van der Waals surface area contributed by atoms with Crippen LogP contribution in [0.2, 0.25) is 0 Å². The number of para-hydroxylation sites is 3. The topological polar surface area (TPSA) is 68.5 Å². The van der Waals surface area contributed by atoms with Crippen LogP contribution in [0.1, 0.15) is 6.42 Å². The van der Waals surface area contributed by atoms with E-state index in [0.29, 0.717) is 5.82 Å². The van der Waals surface area contributed by atoms with Crippen molar-refractivity contribution in [2.45, 2.75) is 13.0 Å². The van der Waals surface area contributed by atoms with Gasteiger partial charge in [-0.1, -0.05) is 24.3 Å². The lowest BCUT2D eigenvalue weighted by Crippen LogP contribution is -2.08. The van der Waals surface area contributed by atoms with Crippen molar-refractivity contribution in [3.8, 4) is 11.4 Å². The molecule has 5 aromatic rings. The summed E-state index contributed by atoms with van der Waals surface area (Å²) >= 11 is 0. The minimum atomic E-state index is 0.680. The quantitative estimate of drug-likeness (QED) is 0.438. The van der Waals surface area contributed by atoms with Crippen molar-refractivity contribution in [2.75, 3.05) is 11.9 Å². The van der Waals surface area contributed by atoms with Gasteiger partial charge in [0.05, 0.1) is 22.9 Å². The molecule has 5 rings (SSSR count). The fourth-order valence-electron chi connectivity index (χ4n) is 3.48. The normalized spacial score (nSPS) is 11.2. The first-order valence-corrected chi connectivity index (χ1v) is 9.69. The van der Waals surface area contributed by atoms with Gasteiger partial charge in [0.2, 0.25) is 0 Å². The molecule has 6 nitrogen and oxygen atoms in total. The van der Waals surface area contributed by atoms with Crippen molar-refractivity contribution in [1.29, 1.82) is 0 Å². The molecule has 0 radical (unpaired) electrons. The highest BCUT2D eigenvalue weighted by molar-refractivity contribution is 5.90. The summed E-state index contributed by atoms with van der Waals surface area (Å²) in [6.07, 6.45) is 6.41. The molecule has 6 heteroatoms. The lowest BCUT2D eigenvalue weighted by Gasteiger charge is -2.11. The number of aromatic nitrogens is 5. The van der Waals surface area contributed by atoms with Crippen molar-refractivity contribution in [2.24, 2.45) is 0 Å². The Morgan fingerprint density at radius 3 is 2.62 bits per heavy atom. The lowest BCUT2D eigenvalue weighted by molar-refractivity contribution is 0.677. The predicted octanol–water partition coefficient (Wildman–Crippen LogP) is 4.54. The van der Waals surface area contributed by atoms with Crippen LogP contribution in [0, 0.1) is 0 Å². The molecule has 0 aliphatic rings. The fourth-order valence-corrected chi connectivity index (χ4v) is 3.48. The average molecular weight is 380 g/mol. The minimum absolute atomic E-state index is 0.680. The van der Waals surface area contributed by atoms with Crippen molar-refractivity contribution in [3.05, 3.63) is 79.4 Å². The molecule has 0 fully saturated rings. The number of nitrogens with zero attached hydrogens (tertiary/aromatic N) is 5. The minimum Gasteiger partial charge on any atom is -0.369 e. The molecule has 0 saturated heterocycles. The van der Waals surface area contributed by atoms with E-state index in [0.717, 1.165) is 47.3 Å². The Labute approximate surface area is 168 Å². The van der Waals surface area contributed by atoms with Gasteiger partial charge < -0.3 is 9.88 Å². The molecule has 0 aliphatic heterocycles. The molecule has 0 amide bonds. The Balaban J connectivity index is 1.35. The maximum atomic E-state index is 4.77. The van der Waals surface area contributed by atoms with Crippen LogP contribution in [0.15, 0.2) is 79.4 Å². The average Bonchev–Trinajstić information content (AvgIpc) is 3.20. The van der Waals surface area contributed by atoms with E-state index in [4.69, 9.17) is 9.97 Å². The zero-order valence-corrected chi connectivity index (χ0v) is 15.9. The van der Waals surface area contributed by atoms with Crippen LogP contribution in [0.5, 0.6) is 0 Å². The third-order valence-electron chi connectivity index (χ3n) is 4.92. The SMILES string of the molecule is c1cncc(-c2nc(NCCCn3cnc4ccccc43)c3ccccc3n2)c1. The van der Waals surface area contributed by atoms with E-state index >= 15 is 0 Å². The summed E-state index contributed by atoms with van der Waals surface area (Å²) in [4.78, 5) is 18.1. The highest BCUT2D eigenvalue weighted by Crippen LogP contribution is 2.24. The Kier molecular flexibility index (Phi) is 4.58. The molecule has 3 heterocycles. The van der Waals surface area contributed by atoms with E-state index in [1.807, 2.05) is 60.9 Å². The molecule has 0 aliphatic carbocycles. The highest BCUT2D eigenvalue weighted by Gasteiger charge is 2.09. The molecule has 29 heavy (non-hydrogen) atoms. The van der Waals surface area contributed by atoms with Gasteiger partial charge in [-0.2, -0.15) is 0 Å². The van der Waals surface area contributed by atoms with Gasteiger partial charge >= 0.3 is 0 Å². The zero-order valence-electron chi connectivity index (χ0n) is 15.9. The summed E-state index contributed by atoms with van der Waals surface area (Å²) in [6, 6.07) is 20.2. The second-order valence-electron chi connectivity index (χ2n) is 6.86. The van der Waals surface area contributed by atoms with Crippen LogP contribution in [-0.4, -0.2) is 31.0 Å². The number of hydrogen-bond donors (Lipinski definition) is 1. The van der Waals surface area contributed by atoms with Crippen molar-refractivity contribution >= 4 is 27.8 Å². The molecule has 1 N–H and O–H groups in total. The van der Waals surface area contributed by atoms with E-state index in [1.54, 1.807) is 12.4 Å². The van der Waals surface area contributed by atoms with E-state index in [2.05, 4.69) is 25.9 Å². The number of nitrogens with one attached hydrogen (secondary N) is 1. The van der Waals surface area contributed by atoms with Gasteiger partial charge in [-0.05, 0) is 42.8 Å². The van der Waals surface area contributed by atoms with Crippen LogP contribution in [0.25, 0.3) is 33.3 Å². The fraction of sp³-hybridized carbons (Fsp3) is 0.130. The summed E-state index contributed by atoms with van der Waals surface area (Å²) in [6.45, 7) is 1.70. The van der Waals surface area contributed by atoms with Gasteiger partial charge in [0.1, 0.15) is 5.82 Å².